The van der Waals surface area contributed by atoms with Gasteiger partial charge < -0.3 is 18.9 Å². The van der Waals surface area contributed by atoms with Gasteiger partial charge in [0.1, 0.15) is 41.8 Å². The second-order valence-electron chi connectivity index (χ2n) is 6.47. The van der Waals surface area contributed by atoms with Crippen LogP contribution in [0.2, 0.25) is 0 Å². The molecule has 3 aromatic carbocycles. The van der Waals surface area contributed by atoms with Gasteiger partial charge in [-0.3, -0.25) is 4.79 Å². The van der Waals surface area contributed by atoms with E-state index in [1.54, 1.807) is 19.2 Å². The highest BCUT2D eigenvalue weighted by molar-refractivity contribution is 6.00. The number of rotatable bonds is 9. The molecule has 0 spiro atoms. The molecule has 3 rings (SSSR count). The van der Waals surface area contributed by atoms with Gasteiger partial charge in [-0.2, -0.15) is 0 Å². The van der Waals surface area contributed by atoms with Crippen LogP contribution in [0.5, 0.6) is 23.0 Å². The lowest BCUT2D eigenvalue weighted by Crippen LogP contribution is -2.05. The van der Waals surface area contributed by atoms with Gasteiger partial charge in [-0.05, 0) is 30.2 Å². The van der Waals surface area contributed by atoms with Crippen LogP contribution in [0.1, 0.15) is 28.4 Å². The highest BCUT2D eigenvalue weighted by Crippen LogP contribution is 2.35. The third-order valence-corrected chi connectivity index (χ3v) is 4.41. The first-order valence-electron chi connectivity index (χ1n) is 9.26. The average Bonchev–Trinajstić information content (AvgIpc) is 2.76. The van der Waals surface area contributed by atoms with Crippen molar-refractivity contribution in [3.05, 3.63) is 83.4 Å². The largest absolute Gasteiger partial charge is 0.496 e. The third kappa shape index (κ3) is 5.29. The summed E-state index contributed by atoms with van der Waals surface area (Å²) in [4.78, 5) is 12.1. The maximum absolute atomic E-state index is 12.1. The molecule has 0 atom stereocenters. The van der Waals surface area contributed by atoms with Crippen LogP contribution in [-0.2, 0) is 13.2 Å². The highest BCUT2D eigenvalue weighted by Gasteiger charge is 2.17. The van der Waals surface area contributed by atoms with E-state index in [1.807, 2.05) is 54.6 Å². The van der Waals surface area contributed by atoms with Crippen LogP contribution in [0.4, 0.5) is 0 Å². The number of ether oxygens (including phenoxy) is 4. The van der Waals surface area contributed by atoms with E-state index < -0.39 is 0 Å². The van der Waals surface area contributed by atoms with Crippen LogP contribution in [0, 0.1) is 0 Å². The molecule has 0 radical (unpaired) electrons. The van der Waals surface area contributed by atoms with Crippen molar-refractivity contribution < 1.29 is 23.7 Å². The Morgan fingerprint density at radius 2 is 1.34 bits per heavy atom. The van der Waals surface area contributed by atoms with Crippen LogP contribution in [0.3, 0.4) is 0 Å². The van der Waals surface area contributed by atoms with Crippen LogP contribution >= 0.6 is 0 Å². The molecular formula is C24H24O5. The Morgan fingerprint density at radius 1 is 0.724 bits per heavy atom. The van der Waals surface area contributed by atoms with Crippen LogP contribution in [0.25, 0.3) is 0 Å². The normalized spacial score (nSPS) is 10.3. The molecule has 3 aromatic rings. The summed E-state index contributed by atoms with van der Waals surface area (Å²) in [5.74, 6) is 2.07. The van der Waals surface area contributed by atoms with E-state index in [2.05, 4.69) is 0 Å². The van der Waals surface area contributed by atoms with Crippen LogP contribution < -0.4 is 18.9 Å². The number of hydrogen-bond donors (Lipinski definition) is 0. The standard InChI is InChI=1S/C24H24O5/c1-17(25)24-22(27-3)13-21(26-2)14-23(24)29-16-19-9-11-20(12-10-19)28-15-18-7-5-4-6-8-18/h4-14H,15-16H2,1-3H3. The van der Waals surface area contributed by atoms with E-state index >= 15 is 0 Å². The topological polar surface area (TPSA) is 54.0 Å². The summed E-state index contributed by atoms with van der Waals surface area (Å²) < 4.78 is 22.3. The summed E-state index contributed by atoms with van der Waals surface area (Å²) >= 11 is 0. The summed E-state index contributed by atoms with van der Waals surface area (Å²) in [6, 6.07) is 21.0. The number of carbonyl (C=O) groups excluding carboxylic acids is 1. The molecule has 5 heteroatoms. The highest BCUT2D eigenvalue weighted by atomic mass is 16.5. The lowest BCUT2D eigenvalue weighted by Gasteiger charge is -2.15. The molecule has 0 unspecified atom stereocenters. The fraction of sp³-hybridized carbons (Fsp3) is 0.208. The smallest absolute Gasteiger partial charge is 0.167 e. The second kappa shape index (κ2) is 9.64. The van der Waals surface area contributed by atoms with Gasteiger partial charge in [-0.1, -0.05) is 42.5 Å². The minimum Gasteiger partial charge on any atom is -0.496 e. The Labute approximate surface area is 170 Å². The van der Waals surface area contributed by atoms with Crippen molar-refractivity contribution in [3.8, 4) is 23.0 Å². The molecule has 0 N–H and O–H groups in total. The first-order chi connectivity index (χ1) is 14.1. The first-order valence-corrected chi connectivity index (χ1v) is 9.26. The molecule has 0 saturated heterocycles. The maximum Gasteiger partial charge on any atom is 0.167 e. The zero-order valence-corrected chi connectivity index (χ0v) is 16.8. The molecule has 0 aliphatic heterocycles. The molecule has 0 heterocycles. The van der Waals surface area contributed by atoms with E-state index in [1.165, 1.54) is 14.0 Å². The number of Topliss-reactive ketones (excluding diaryl/α,β-unsaturated/α-hetero) is 1. The van der Waals surface area contributed by atoms with Gasteiger partial charge in [-0.25, -0.2) is 0 Å². The van der Waals surface area contributed by atoms with Gasteiger partial charge >= 0.3 is 0 Å². The minimum atomic E-state index is -0.135. The van der Waals surface area contributed by atoms with Gasteiger partial charge in [-0.15, -0.1) is 0 Å². The van der Waals surface area contributed by atoms with Crippen LogP contribution in [0.15, 0.2) is 66.7 Å². The Balaban J connectivity index is 1.67. The monoisotopic (exact) mass is 392 g/mol. The molecule has 0 bridgehead atoms. The molecule has 0 aromatic heterocycles. The number of ketones is 1. The maximum atomic E-state index is 12.1. The average molecular weight is 392 g/mol. The van der Waals surface area contributed by atoms with Crippen molar-refractivity contribution in [2.75, 3.05) is 14.2 Å². The first kappa shape index (κ1) is 20.3. The Kier molecular flexibility index (Phi) is 6.74. The zero-order chi connectivity index (χ0) is 20.6. The number of benzene rings is 3. The van der Waals surface area contributed by atoms with E-state index in [0.717, 1.165) is 16.9 Å². The lowest BCUT2D eigenvalue weighted by atomic mass is 10.1. The molecule has 5 nitrogen and oxygen atoms in total. The summed E-state index contributed by atoms with van der Waals surface area (Å²) in [7, 11) is 3.07. The Bertz CT molecular complexity index is 949. The molecule has 29 heavy (non-hydrogen) atoms. The third-order valence-electron chi connectivity index (χ3n) is 4.41. The van der Waals surface area contributed by atoms with Gasteiger partial charge in [0.2, 0.25) is 0 Å². The zero-order valence-electron chi connectivity index (χ0n) is 16.8. The van der Waals surface area contributed by atoms with Crippen molar-refractivity contribution in [2.24, 2.45) is 0 Å². The second-order valence-corrected chi connectivity index (χ2v) is 6.47. The van der Waals surface area contributed by atoms with Crippen LogP contribution in [-0.4, -0.2) is 20.0 Å². The Morgan fingerprint density at radius 3 is 1.97 bits per heavy atom. The fourth-order valence-corrected chi connectivity index (χ4v) is 2.89. The number of carbonyl (C=O) groups is 1. The van der Waals surface area contributed by atoms with Crippen molar-refractivity contribution in [2.45, 2.75) is 20.1 Å². The van der Waals surface area contributed by atoms with E-state index in [9.17, 15) is 4.79 Å². The summed E-state index contributed by atoms with van der Waals surface area (Å²) in [6.07, 6.45) is 0. The molecule has 0 fully saturated rings. The molecule has 0 aliphatic rings. The van der Waals surface area contributed by atoms with E-state index in [-0.39, 0.29) is 5.78 Å². The molecule has 0 amide bonds. The van der Waals surface area contributed by atoms with Gasteiger partial charge in [0.15, 0.2) is 5.78 Å². The van der Waals surface area contributed by atoms with E-state index in [4.69, 9.17) is 18.9 Å². The van der Waals surface area contributed by atoms with Crippen molar-refractivity contribution in [1.29, 1.82) is 0 Å². The van der Waals surface area contributed by atoms with Crippen molar-refractivity contribution >= 4 is 5.78 Å². The molecule has 0 saturated carbocycles. The predicted octanol–water partition coefficient (Wildman–Crippen LogP) is 5.06. The number of hydrogen-bond acceptors (Lipinski definition) is 5. The predicted molar refractivity (Wildman–Crippen MR) is 111 cm³/mol. The molecular weight excluding hydrogens is 368 g/mol. The van der Waals surface area contributed by atoms with Gasteiger partial charge in [0.05, 0.1) is 14.2 Å². The van der Waals surface area contributed by atoms with Crippen molar-refractivity contribution in [1.82, 2.24) is 0 Å². The van der Waals surface area contributed by atoms with Crippen molar-refractivity contribution in [3.63, 3.8) is 0 Å². The summed E-state index contributed by atoms with van der Waals surface area (Å²) in [6.45, 7) is 2.30. The van der Waals surface area contributed by atoms with E-state index in [0.29, 0.717) is 36.0 Å². The number of methoxy groups -OCH3 is 2. The van der Waals surface area contributed by atoms with Gasteiger partial charge in [0.25, 0.3) is 0 Å². The minimum absolute atomic E-state index is 0.135. The summed E-state index contributed by atoms with van der Waals surface area (Å²) in [5, 5.41) is 0. The molecule has 150 valence electrons. The quantitative estimate of drug-likeness (QED) is 0.476. The molecule has 0 aliphatic carbocycles. The fourth-order valence-electron chi connectivity index (χ4n) is 2.89. The summed E-state index contributed by atoms with van der Waals surface area (Å²) in [5.41, 5.74) is 2.47. The van der Waals surface area contributed by atoms with Gasteiger partial charge in [0, 0.05) is 12.1 Å². The lowest BCUT2D eigenvalue weighted by molar-refractivity contribution is 0.101. The Hall–Kier alpha value is -3.47. The SMILES string of the molecule is COc1cc(OC)c(C(C)=O)c(OCc2ccc(OCc3ccccc3)cc2)c1.